The van der Waals surface area contributed by atoms with E-state index in [0.29, 0.717) is 6.61 Å². The zero-order chi connectivity index (χ0) is 12.5. The van der Waals surface area contributed by atoms with Crippen molar-refractivity contribution in [2.45, 2.75) is 18.9 Å². The van der Waals surface area contributed by atoms with Crippen molar-refractivity contribution in [2.24, 2.45) is 0 Å². The third-order valence-corrected chi connectivity index (χ3v) is 4.03. The summed E-state index contributed by atoms with van der Waals surface area (Å²) in [5.74, 6) is 0.736. The van der Waals surface area contributed by atoms with Crippen LogP contribution in [-0.4, -0.2) is 30.0 Å². The molecule has 1 aromatic carbocycles. The van der Waals surface area contributed by atoms with Gasteiger partial charge in [0.2, 0.25) is 0 Å². The first kappa shape index (κ1) is 11.6. The van der Waals surface area contributed by atoms with Gasteiger partial charge in [-0.2, -0.15) is 4.37 Å². The van der Waals surface area contributed by atoms with E-state index in [4.69, 9.17) is 4.74 Å². The van der Waals surface area contributed by atoms with Crippen LogP contribution in [0.15, 0.2) is 24.3 Å². The molecule has 4 nitrogen and oxygen atoms in total. The summed E-state index contributed by atoms with van der Waals surface area (Å²) in [5.41, 5.74) is 0. The number of nitrogens with zero attached hydrogens (tertiary/aromatic N) is 2. The van der Waals surface area contributed by atoms with Gasteiger partial charge < -0.3 is 4.74 Å². The van der Waals surface area contributed by atoms with Gasteiger partial charge in [0.25, 0.3) is 5.91 Å². The summed E-state index contributed by atoms with van der Waals surface area (Å²) in [6.07, 6.45) is 1.48. The van der Waals surface area contributed by atoms with Gasteiger partial charge in [-0.25, -0.2) is 0 Å². The minimum Gasteiger partial charge on any atom is -0.368 e. The van der Waals surface area contributed by atoms with E-state index in [0.717, 1.165) is 28.7 Å². The molecule has 2 aromatic rings. The van der Waals surface area contributed by atoms with E-state index in [1.807, 2.05) is 24.3 Å². The van der Waals surface area contributed by atoms with Crippen molar-refractivity contribution in [3.8, 4) is 0 Å². The van der Waals surface area contributed by atoms with Crippen molar-refractivity contribution in [3.63, 3.8) is 0 Å². The average Bonchev–Trinajstić information content (AvgIpc) is 3.06. The van der Waals surface area contributed by atoms with Crippen LogP contribution in [0.4, 0.5) is 5.82 Å². The van der Waals surface area contributed by atoms with Gasteiger partial charge in [0.15, 0.2) is 5.82 Å². The van der Waals surface area contributed by atoms with Crippen molar-refractivity contribution in [2.75, 3.05) is 18.6 Å². The second kappa shape index (κ2) is 4.66. The van der Waals surface area contributed by atoms with E-state index in [9.17, 15) is 4.79 Å². The van der Waals surface area contributed by atoms with Gasteiger partial charge in [-0.3, -0.25) is 9.69 Å². The van der Waals surface area contributed by atoms with Gasteiger partial charge in [0.1, 0.15) is 6.10 Å². The first-order valence-electron chi connectivity index (χ1n) is 6.01. The number of benzene rings is 1. The lowest BCUT2D eigenvalue weighted by atomic mass is 10.2. The first-order valence-corrected chi connectivity index (χ1v) is 6.78. The molecule has 94 valence electrons. The molecule has 1 amide bonds. The first-order chi connectivity index (χ1) is 8.77. The Morgan fingerprint density at radius 1 is 1.50 bits per heavy atom. The molecule has 1 aliphatic rings. The molecule has 0 saturated carbocycles. The summed E-state index contributed by atoms with van der Waals surface area (Å²) in [5, 5.41) is 1.02. The molecule has 1 saturated heterocycles. The molecule has 0 spiro atoms. The van der Waals surface area contributed by atoms with E-state index < -0.39 is 0 Å². The molecule has 0 unspecified atom stereocenters. The average molecular weight is 262 g/mol. The molecule has 1 fully saturated rings. The van der Waals surface area contributed by atoms with Crippen LogP contribution in [0.5, 0.6) is 0 Å². The van der Waals surface area contributed by atoms with Crippen LogP contribution in [0.2, 0.25) is 0 Å². The molecule has 2 heterocycles. The zero-order valence-corrected chi connectivity index (χ0v) is 10.9. The van der Waals surface area contributed by atoms with Crippen LogP contribution in [0.25, 0.3) is 10.1 Å². The highest BCUT2D eigenvalue weighted by Gasteiger charge is 2.28. The number of aromatic nitrogens is 1. The smallest absolute Gasteiger partial charge is 0.257 e. The molecule has 0 N–H and O–H groups in total. The highest BCUT2D eigenvalue weighted by atomic mass is 32.1. The molecular weight excluding hydrogens is 248 g/mol. The van der Waals surface area contributed by atoms with Gasteiger partial charge in [0.05, 0.1) is 4.70 Å². The lowest BCUT2D eigenvalue weighted by molar-refractivity contribution is -0.127. The van der Waals surface area contributed by atoms with Crippen molar-refractivity contribution in [3.05, 3.63) is 24.3 Å². The third-order valence-electron chi connectivity index (χ3n) is 3.21. The van der Waals surface area contributed by atoms with Crippen LogP contribution in [0, 0.1) is 0 Å². The second-order valence-corrected chi connectivity index (χ2v) is 5.21. The van der Waals surface area contributed by atoms with Gasteiger partial charge in [-0.15, -0.1) is 0 Å². The number of fused-ring (bicyclic) bond motifs is 1. The summed E-state index contributed by atoms with van der Waals surface area (Å²) in [7, 11) is 1.77. The molecule has 18 heavy (non-hydrogen) atoms. The van der Waals surface area contributed by atoms with Crippen LogP contribution in [-0.2, 0) is 9.53 Å². The standard InChI is InChI=1S/C13H14N2O2S/c1-15(13(16)10-6-4-8-17-10)12-9-5-2-3-7-11(9)18-14-12/h2-3,5,7,10H,4,6,8H2,1H3/t10-/m1/s1. The Labute approximate surface area is 109 Å². The van der Waals surface area contributed by atoms with Crippen LogP contribution in [0.3, 0.4) is 0 Å². The zero-order valence-electron chi connectivity index (χ0n) is 10.1. The fraction of sp³-hybridized carbons (Fsp3) is 0.385. The molecular formula is C13H14N2O2S. The maximum Gasteiger partial charge on any atom is 0.257 e. The van der Waals surface area contributed by atoms with E-state index >= 15 is 0 Å². The summed E-state index contributed by atoms with van der Waals surface area (Å²) >= 11 is 1.42. The maximum atomic E-state index is 12.3. The Hall–Kier alpha value is -1.46. The molecule has 5 heteroatoms. The number of rotatable bonds is 2. The SMILES string of the molecule is CN(C(=O)[C@H]1CCCO1)c1nsc2ccccc12. The Kier molecular flexibility index (Phi) is 3.01. The number of amides is 1. The van der Waals surface area contributed by atoms with Gasteiger partial charge >= 0.3 is 0 Å². The van der Waals surface area contributed by atoms with Crippen molar-refractivity contribution < 1.29 is 9.53 Å². The molecule has 0 bridgehead atoms. The minimum absolute atomic E-state index is 0.00329. The van der Waals surface area contributed by atoms with Crippen LogP contribution < -0.4 is 4.90 Å². The molecule has 3 rings (SSSR count). The molecule has 1 aromatic heterocycles. The monoisotopic (exact) mass is 262 g/mol. The summed E-state index contributed by atoms with van der Waals surface area (Å²) in [6, 6.07) is 7.95. The number of hydrogen-bond donors (Lipinski definition) is 0. The predicted molar refractivity (Wildman–Crippen MR) is 72.0 cm³/mol. The van der Waals surface area contributed by atoms with E-state index in [1.165, 1.54) is 11.5 Å². The third kappa shape index (κ3) is 1.89. The predicted octanol–water partition coefficient (Wildman–Crippen LogP) is 2.44. The molecule has 1 atom stereocenters. The largest absolute Gasteiger partial charge is 0.368 e. The van der Waals surface area contributed by atoms with Gasteiger partial charge in [-0.05, 0) is 36.5 Å². The highest BCUT2D eigenvalue weighted by molar-refractivity contribution is 7.13. The Bertz CT molecular complexity index is 575. The molecule has 0 aliphatic carbocycles. The number of carbonyl (C=O) groups excluding carboxylic acids is 1. The lowest BCUT2D eigenvalue weighted by Gasteiger charge is -2.18. The molecule has 1 aliphatic heterocycles. The quantitative estimate of drug-likeness (QED) is 0.834. The van der Waals surface area contributed by atoms with Crippen LogP contribution >= 0.6 is 11.5 Å². The number of ether oxygens (including phenoxy) is 1. The number of hydrogen-bond acceptors (Lipinski definition) is 4. The minimum atomic E-state index is -0.296. The Balaban J connectivity index is 1.91. The van der Waals surface area contributed by atoms with Crippen molar-refractivity contribution in [1.82, 2.24) is 4.37 Å². The van der Waals surface area contributed by atoms with Crippen molar-refractivity contribution >= 4 is 33.3 Å². The topological polar surface area (TPSA) is 42.4 Å². The highest BCUT2D eigenvalue weighted by Crippen LogP contribution is 2.29. The molecule has 0 radical (unpaired) electrons. The fourth-order valence-corrected chi connectivity index (χ4v) is 3.01. The number of likely N-dealkylation sites (N-methyl/N-ethyl adjacent to an activating group) is 1. The Morgan fingerprint density at radius 3 is 3.11 bits per heavy atom. The Morgan fingerprint density at radius 2 is 2.33 bits per heavy atom. The fourth-order valence-electron chi connectivity index (χ4n) is 2.21. The normalized spacial score (nSPS) is 19.3. The lowest BCUT2D eigenvalue weighted by Crippen LogP contribution is -2.36. The van der Waals surface area contributed by atoms with Gasteiger partial charge in [-0.1, -0.05) is 12.1 Å². The van der Waals surface area contributed by atoms with E-state index in [2.05, 4.69) is 4.37 Å². The maximum absolute atomic E-state index is 12.3. The van der Waals surface area contributed by atoms with E-state index in [1.54, 1.807) is 11.9 Å². The second-order valence-electron chi connectivity index (χ2n) is 4.40. The van der Waals surface area contributed by atoms with Crippen molar-refractivity contribution in [1.29, 1.82) is 0 Å². The summed E-state index contributed by atoms with van der Waals surface area (Å²) in [6.45, 7) is 0.683. The summed E-state index contributed by atoms with van der Waals surface area (Å²) in [4.78, 5) is 13.9. The number of carbonyl (C=O) groups is 1. The van der Waals surface area contributed by atoms with E-state index in [-0.39, 0.29) is 12.0 Å². The number of anilines is 1. The van der Waals surface area contributed by atoms with Gasteiger partial charge in [0, 0.05) is 19.0 Å². The summed E-state index contributed by atoms with van der Waals surface area (Å²) < 4.78 is 10.9. The van der Waals surface area contributed by atoms with Crippen LogP contribution in [0.1, 0.15) is 12.8 Å².